The summed E-state index contributed by atoms with van der Waals surface area (Å²) in [4.78, 5) is 12.4. The van der Waals surface area contributed by atoms with E-state index < -0.39 is 0 Å². The number of aromatic nitrogens is 3. The summed E-state index contributed by atoms with van der Waals surface area (Å²) >= 11 is 13.7. The highest BCUT2D eigenvalue weighted by Crippen LogP contribution is 2.32. The van der Waals surface area contributed by atoms with Crippen LogP contribution < -0.4 is 10.1 Å². The minimum Gasteiger partial charge on any atom is -0.497 e. The Hall–Kier alpha value is -2.26. The Labute approximate surface area is 200 Å². The first-order valence-corrected chi connectivity index (χ1v) is 11.9. The SMILES string of the molecule is COc1ccc(-c2nnc(SCC(=O)NC[C@@H]3CCCO3)n2-c2ccc(Cl)c(Cl)c2)cc1. The molecule has 0 unspecified atom stereocenters. The molecule has 1 aliphatic rings. The molecule has 168 valence electrons. The summed E-state index contributed by atoms with van der Waals surface area (Å²) < 4.78 is 12.7. The van der Waals surface area contributed by atoms with E-state index in [1.165, 1.54) is 11.8 Å². The number of amides is 1. The van der Waals surface area contributed by atoms with Gasteiger partial charge >= 0.3 is 0 Å². The zero-order valence-electron chi connectivity index (χ0n) is 17.4. The number of ether oxygens (including phenoxy) is 2. The minimum atomic E-state index is -0.0832. The van der Waals surface area contributed by atoms with Gasteiger partial charge < -0.3 is 14.8 Å². The van der Waals surface area contributed by atoms with Crippen molar-refractivity contribution in [1.29, 1.82) is 0 Å². The number of benzene rings is 2. The summed E-state index contributed by atoms with van der Waals surface area (Å²) in [7, 11) is 1.62. The van der Waals surface area contributed by atoms with E-state index in [2.05, 4.69) is 15.5 Å². The van der Waals surface area contributed by atoms with Gasteiger partial charge in [-0.25, -0.2) is 0 Å². The van der Waals surface area contributed by atoms with E-state index >= 15 is 0 Å². The van der Waals surface area contributed by atoms with Crippen LogP contribution in [0.1, 0.15) is 12.8 Å². The van der Waals surface area contributed by atoms with Crippen molar-refractivity contribution in [3.8, 4) is 22.8 Å². The highest BCUT2D eigenvalue weighted by Gasteiger charge is 2.20. The highest BCUT2D eigenvalue weighted by atomic mass is 35.5. The molecule has 0 radical (unpaired) electrons. The molecule has 10 heteroatoms. The van der Waals surface area contributed by atoms with Crippen LogP contribution in [0.4, 0.5) is 0 Å². The number of halogens is 2. The number of nitrogens with zero attached hydrogens (tertiary/aromatic N) is 3. The lowest BCUT2D eigenvalue weighted by molar-refractivity contribution is -0.119. The number of nitrogens with one attached hydrogen (secondary N) is 1. The molecular weight excluding hydrogens is 471 g/mol. The Balaban J connectivity index is 1.57. The third-order valence-corrected chi connectivity index (χ3v) is 6.69. The number of methoxy groups -OCH3 is 1. The molecule has 1 atom stereocenters. The second-order valence-corrected chi connectivity index (χ2v) is 8.95. The fraction of sp³-hybridized carbons (Fsp3) is 0.318. The van der Waals surface area contributed by atoms with E-state index in [1.807, 2.05) is 34.9 Å². The lowest BCUT2D eigenvalue weighted by Crippen LogP contribution is -2.32. The van der Waals surface area contributed by atoms with Gasteiger partial charge in [0, 0.05) is 18.7 Å². The van der Waals surface area contributed by atoms with Crippen molar-refractivity contribution in [1.82, 2.24) is 20.1 Å². The topological polar surface area (TPSA) is 78.3 Å². The minimum absolute atomic E-state index is 0.0832. The third-order valence-electron chi connectivity index (χ3n) is 5.03. The monoisotopic (exact) mass is 492 g/mol. The molecule has 1 N–H and O–H groups in total. The molecule has 0 saturated carbocycles. The first-order chi connectivity index (χ1) is 15.5. The average molecular weight is 493 g/mol. The van der Waals surface area contributed by atoms with Crippen LogP contribution in [-0.2, 0) is 9.53 Å². The normalized spacial score (nSPS) is 15.7. The van der Waals surface area contributed by atoms with E-state index in [9.17, 15) is 4.79 Å². The lowest BCUT2D eigenvalue weighted by atomic mass is 10.2. The van der Waals surface area contributed by atoms with Gasteiger partial charge in [-0.1, -0.05) is 35.0 Å². The van der Waals surface area contributed by atoms with Crippen LogP contribution in [0.2, 0.25) is 10.0 Å². The van der Waals surface area contributed by atoms with Gasteiger partial charge in [-0.05, 0) is 55.3 Å². The van der Waals surface area contributed by atoms with Gasteiger partial charge in [0.2, 0.25) is 5.91 Å². The van der Waals surface area contributed by atoms with Crippen LogP contribution in [0.15, 0.2) is 47.6 Å². The zero-order valence-corrected chi connectivity index (χ0v) is 19.7. The second-order valence-electron chi connectivity index (χ2n) is 7.20. The van der Waals surface area contributed by atoms with Crippen LogP contribution in [-0.4, -0.2) is 52.8 Å². The van der Waals surface area contributed by atoms with Crippen molar-refractivity contribution in [2.45, 2.75) is 24.1 Å². The number of hydrogen-bond acceptors (Lipinski definition) is 6. The molecule has 1 aliphatic heterocycles. The summed E-state index contributed by atoms with van der Waals surface area (Å²) in [6.07, 6.45) is 2.12. The molecule has 3 aromatic rings. The molecule has 1 aromatic heterocycles. The van der Waals surface area contributed by atoms with Crippen LogP contribution in [0.3, 0.4) is 0 Å². The molecular formula is C22H22Cl2N4O3S. The number of hydrogen-bond donors (Lipinski definition) is 1. The van der Waals surface area contributed by atoms with E-state index in [0.717, 1.165) is 36.4 Å². The predicted octanol–water partition coefficient (Wildman–Crippen LogP) is 4.64. The Morgan fingerprint density at radius 3 is 2.72 bits per heavy atom. The van der Waals surface area contributed by atoms with Gasteiger partial charge in [0.25, 0.3) is 0 Å². The standard InChI is InChI=1S/C22H22Cl2N4O3S/c1-30-16-7-4-14(5-8-16)21-26-27-22(28(21)15-6-9-18(23)19(24)11-15)32-13-20(29)25-12-17-3-2-10-31-17/h4-9,11,17H,2-3,10,12-13H2,1H3,(H,25,29)/t17-/m0/s1. The fourth-order valence-electron chi connectivity index (χ4n) is 3.36. The number of rotatable bonds is 8. The van der Waals surface area contributed by atoms with Crippen molar-refractivity contribution in [3.05, 3.63) is 52.5 Å². The molecule has 2 aromatic carbocycles. The van der Waals surface area contributed by atoms with Crippen molar-refractivity contribution in [2.75, 3.05) is 26.0 Å². The Morgan fingerprint density at radius 2 is 2.03 bits per heavy atom. The summed E-state index contributed by atoms with van der Waals surface area (Å²) in [5.41, 5.74) is 1.59. The molecule has 1 saturated heterocycles. The van der Waals surface area contributed by atoms with Crippen LogP contribution in [0.25, 0.3) is 17.1 Å². The average Bonchev–Trinajstić information content (AvgIpc) is 3.48. The van der Waals surface area contributed by atoms with Gasteiger partial charge in [-0.15, -0.1) is 10.2 Å². The van der Waals surface area contributed by atoms with Crippen LogP contribution in [0.5, 0.6) is 5.75 Å². The van der Waals surface area contributed by atoms with E-state index in [1.54, 1.807) is 19.2 Å². The first-order valence-electron chi connectivity index (χ1n) is 10.1. The lowest BCUT2D eigenvalue weighted by Gasteiger charge is -2.12. The fourth-order valence-corrected chi connectivity index (χ4v) is 4.44. The van der Waals surface area contributed by atoms with Gasteiger partial charge in [0.15, 0.2) is 11.0 Å². The maximum atomic E-state index is 12.4. The maximum Gasteiger partial charge on any atom is 0.230 e. The Morgan fingerprint density at radius 1 is 1.22 bits per heavy atom. The second kappa shape index (κ2) is 10.6. The van der Waals surface area contributed by atoms with Crippen LogP contribution in [0, 0.1) is 0 Å². The summed E-state index contributed by atoms with van der Waals surface area (Å²) in [6, 6.07) is 12.8. The zero-order chi connectivity index (χ0) is 22.5. The van der Waals surface area contributed by atoms with Crippen molar-refractivity contribution >= 4 is 40.9 Å². The molecule has 1 fully saturated rings. The molecule has 0 spiro atoms. The molecule has 7 nitrogen and oxygen atoms in total. The van der Waals surface area contributed by atoms with Crippen molar-refractivity contribution < 1.29 is 14.3 Å². The molecule has 32 heavy (non-hydrogen) atoms. The Kier molecular flexibility index (Phi) is 7.57. The largest absolute Gasteiger partial charge is 0.497 e. The van der Waals surface area contributed by atoms with E-state index in [4.69, 9.17) is 32.7 Å². The van der Waals surface area contributed by atoms with Gasteiger partial charge in [-0.3, -0.25) is 9.36 Å². The molecule has 0 aliphatic carbocycles. The van der Waals surface area contributed by atoms with Gasteiger partial charge in [-0.2, -0.15) is 0 Å². The highest BCUT2D eigenvalue weighted by molar-refractivity contribution is 7.99. The number of carbonyl (C=O) groups is 1. The van der Waals surface area contributed by atoms with Crippen molar-refractivity contribution in [2.24, 2.45) is 0 Å². The predicted molar refractivity (Wildman–Crippen MR) is 126 cm³/mol. The Bertz CT molecular complexity index is 1090. The molecule has 4 rings (SSSR count). The van der Waals surface area contributed by atoms with Crippen LogP contribution >= 0.6 is 35.0 Å². The quantitative estimate of drug-likeness (QED) is 0.461. The summed E-state index contributed by atoms with van der Waals surface area (Å²) in [6.45, 7) is 1.28. The summed E-state index contributed by atoms with van der Waals surface area (Å²) in [5.74, 6) is 1.48. The van der Waals surface area contributed by atoms with Crippen molar-refractivity contribution in [3.63, 3.8) is 0 Å². The molecule has 0 bridgehead atoms. The number of thioether (sulfide) groups is 1. The third kappa shape index (κ3) is 5.38. The maximum absolute atomic E-state index is 12.4. The van der Waals surface area contributed by atoms with Gasteiger partial charge in [0.1, 0.15) is 5.75 Å². The summed E-state index contributed by atoms with van der Waals surface area (Å²) in [5, 5.41) is 13.1. The van der Waals surface area contributed by atoms with E-state index in [0.29, 0.717) is 27.6 Å². The molecule has 1 amide bonds. The van der Waals surface area contributed by atoms with E-state index in [-0.39, 0.29) is 17.8 Å². The smallest absolute Gasteiger partial charge is 0.230 e. The first kappa shape index (κ1) is 22.9. The van der Waals surface area contributed by atoms with Gasteiger partial charge in [0.05, 0.1) is 34.7 Å². The molecule has 2 heterocycles. The number of carbonyl (C=O) groups excluding carboxylic acids is 1.